The molecule has 0 spiro atoms. The first-order valence-electron chi connectivity index (χ1n) is 8.17. The fourth-order valence-corrected chi connectivity index (χ4v) is 3.07. The van der Waals surface area contributed by atoms with Crippen LogP contribution in [0, 0.1) is 20.8 Å². The molecule has 0 radical (unpaired) electrons. The molecule has 26 heavy (non-hydrogen) atoms. The number of nitrogens with one attached hydrogen (secondary N) is 2. The molecule has 0 fully saturated rings. The Morgan fingerprint density at radius 1 is 1.08 bits per heavy atom. The third-order valence-corrected chi connectivity index (χ3v) is 4.41. The van der Waals surface area contributed by atoms with Gasteiger partial charge in [0.2, 0.25) is 5.88 Å². The van der Waals surface area contributed by atoms with Crippen LogP contribution in [0.2, 0.25) is 0 Å². The highest BCUT2D eigenvalue weighted by Crippen LogP contribution is 2.32. The van der Waals surface area contributed by atoms with Gasteiger partial charge in [-0.05, 0) is 50.1 Å². The van der Waals surface area contributed by atoms with Gasteiger partial charge in [-0.1, -0.05) is 6.07 Å². The Bertz CT molecular complexity index is 1180. The van der Waals surface area contributed by atoms with Gasteiger partial charge in [0.15, 0.2) is 0 Å². The Labute approximate surface area is 149 Å². The summed E-state index contributed by atoms with van der Waals surface area (Å²) in [6, 6.07) is 7.59. The number of fused-ring (bicyclic) bond motifs is 1. The van der Waals surface area contributed by atoms with Crippen molar-refractivity contribution in [1.29, 1.82) is 0 Å². The fourth-order valence-electron chi connectivity index (χ4n) is 3.07. The number of H-pyrrole nitrogens is 2. The second-order valence-corrected chi connectivity index (χ2v) is 6.17. The molecule has 3 heterocycles. The molecule has 0 saturated heterocycles. The van der Waals surface area contributed by atoms with Gasteiger partial charge in [0.25, 0.3) is 5.56 Å². The lowest BCUT2D eigenvalue weighted by Crippen LogP contribution is -2.14. The second-order valence-electron chi connectivity index (χ2n) is 6.17. The van der Waals surface area contributed by atoms with Crippen molar-refractivity contribution in [3.05, 3.63) is 63.8 Å². The summed E-state index contributed by atoms with van der Waals surface area (Å²) in [7, 11) is 0. The summed E-state index contributed by atoms with van der Waals surface area (Å²) >= 11 is 0. The van der Waals surface area contributed by atoms with Crippen LogP contribution < -0.4 is 10.3 Å². The van der Waals surface area contributed by atoms with Gasteiger partial charge in [0, 0.05) is 22.7 Å². The van der Waals surface area contributed by atoms with Gasteiger partial charge in [0.1, 0.15) is 11.3 Å². The van der Waals surface area contributed by atoms with E-state index in [2.05, 4.69) is 25.4 Å². The molecule has 0 aliphatic rings. The number of hydrogen-bond donors (Lipinski definition) is 2. The average molecular weight is 347 g/mol. The van der Waals surface area contributed by atoms with Crippen molar-refractivity contribution in [2.75, 3.05) is 0 Å². The monoisotopic (exact) mass is 347 g/mol. The minimum absolute atomic E-state index is 0.180. The molecular formula is C19H17N5O2. The van der Waals surface area contributed by atoms with E-state index >= 15 is 0 Å². The molecular weight excluding hydrogens is 330 g/mol. The highest BCUT2D eigenvalue weighted by atomic mass is 16.5. The topological polar surface area (TPSA) is 96.6 Å². The molecule has 0 amide bonds. The molecule has 130 valence electrons. The Kier molecular flexibility index (Phi) is 3.76. The van der Waals surface area contributed by atoms with E-state index < -0.39 is 0 Å². The lowest BCUT2D eigenvalue weighted by molar-refractivity contribution is 0.467. The van der Waals surface area contributed by atoms with Crippen LogP contribution >= 0.6 is 0 Å². The number of aryl methyl sites for hydroxylation is 2. The summed E-state index contributed by atoms with van der Waals surface area (Å²) in [5, 5.41) is 14.4. The van der Waals surface area contributed by atoms with Gasteiger partial charge in [-0.25, -0.2) is 10.1 Å². The maximum Gasteiger partial charge on any atom is 0.267 e. The molecule has 0 saturated carbocycles. The van der Waals surface area contributed by atoms with E-state index in [1.165, 1.54) is 0 Å². The Morgan fingerprint density at radius 2 is 1.92 bits per heavy atom. The zero-order valence-electron chi connectivity index (χ0n) is 14.6. The standard InChI is InChI=1S/C19H17N5O2/c1-10-8-14(26-19-17-13(6-7-20-19)9-21-23-17)4-5-15(10)16-11(2)18(25)24-22-12(16)3/h4-9H,1-3H3,(H,21,23)(H,24,25). The quantitative estimate of drug-likeness (QED) is 0.592. The van der Waals surface area contributed by atoms with E-state index in [1.807, 2.05) is 38.1 Å². The smallest absolute Gasteiger partial charge is 0.267 e. The minimum Gasteiger partial charge on any atom is -0.437 e. The van der Waals surface area contributed by atoms with Crippen LogP contribution in [0.25, 0.3) is 22.0 Å². The number of pyridine rings is 1. The van der Waals surface area contributed by atoms with Crippen LogP contribution in [0.3, 0.4) is 0 Å². The van der Waals surface area contributed by atoms with E-state index in [-0.39, 0.29) is 5.56 Å². The Balaban J connectivity index is 1.75. The highest BCUT2D eigenvalue weighted by molar-refractivity contribution is 5.82. The van der Waals surface area contributed by atoms with Gasteiger partial charge in [-0.15, -0.1) is 0 Å². The van der Waals surface area contributed by atoms with E-state index in [0.29, 0.717) is 17.2 Å². The predicted molar refractivity (Wildman–Crippen MR) is 98.5 cm³/mol. The molecule has 3 aromatic heterocycles. The number of benzene rings is 1. The molecule has 4 aromatic rings. The lowest BCUT2D eigenvalue weighted by Gasteiger charge is -2.13. The van der Waals surface area contributed by atoms with Crippen molar-refractivity contribution in [2.24, 2.45) is 0 Å². The molecule has 0 unspecified atom stereocenters. The van der Waals surface area contributed by atoms with Crippen molar-refractivity contribution in [2.45, 2.75) is 20.8 Å². The number of ether oxygens (including phenoxy) is 1. The fraction of sp³-hybridized carbons (Fsp3) is 0.158. The first-order chi connectivity index (χ1) is 12.5. The number of aromatic nitrogens is 5. The first kappa shape index (κ1) is 16.0. The number of hydrogen-bond acceptors (Lipinski definition) is 5. The molecule has 4 rings (SSSR count). The van der Waals surface area contributed by atoms with Crippen molar-refractivity contribution in [1.82, 2.24) is 25.4 Å². The number of rotatable bonds is 3. The first-order valence-corrected chi connectivity index (χ1v) is 8.17. The number of nitrogens with zero attached hydrogens (tertiary/aromatic N) is 3. The van der Waals surface area contributed by atoms with Gasteiger partial charge in [-0.2, -0.15) is 10.2 Å². The van der Waals surface area contributed by atoms with Gasteiger partial charge < -0.3 is 4.74 Å². The van der Waals surface area contributed by atoms with Crippen molar-refractivity contribution in [3.63, 3.8) is 0 Å². The normalized spacial score (nSPS) is 11.0. The maximum atomic E-state index is 11.9. The maximum absolute atomic E-state index is 11.9. The summed E-state index contributed by atoms with van der Waals surface area (Å²) in [5.74, 6) is 1.13. The van der Waals surface area contributed by atoms with Crippen LogP contribution in [-0.2, 0) is 0 Å². The molecule has 2 N–H and O–H groups in total. The molecule has 7 nitrogen and oxygen atoms in total. The zero-order valence-corrected chi connectivity index (χ0v) is 14.6. The Morgan fingerprint density at radius 3 is 2.73 bits per heavy atom. The van der Waals surface area contributed by atoms with Gasteiger partial charge >= 0.3 is 0 Å². The SMILES string of the molecule is Cc1cc(Oc2nccc3cn[nH]c23)ccc1-c1c(C)n[nH]c(=O)c1C. The summed E-state index contributed by atoms with van der Waals surface area (Å²) in [6.45, 7) is 5.66. The molecule has 1 aromatic carbocycles. The van der Waals surface area contributed by atoms with E-state index in [1.54, 1.807) is 19.3 Å². The van der Waals surface area contributed by atoms with Gasteiger partial charge in [-0.3, -0.25) is 9.89 Å². The zero-order chi connectivity index (χ0) is 18.3. The predicted octanol–water partition coefficient (Wildman–Crippen LogP) is 3.43. The van der Waals surface area contributed by atoms with Crippen molar-refractivity contribution in [3.8, 4) is 22.8 Å². The highest BCUT2D eigenvalue weighted by Gasteiger charge is 2.14. The van der Waals surface area contributed by atoms with Crippen LogP contribution in [0.1, 0.15) is 16.8 Å². The number of aromatic amines is 2. The second kappa shape index (κ2) is 6.11. The Hall–Kier alpha value is -3.48. The van der Waals surface area contributed by atoms with Crippen molar-refractivity contribution < 1.29 is 4.74 Å². The molecule has 7 heteroatoms. The van der Waals surface area contributed by atoms with Crippen LogP contribution in [0.15, 0.2) is 41.5 Å². The van der Waals surface area contributed by atoms with Crippen LogP contribution in [0.5, 0.6) is 11.6 Å². The van der Waals surface area contributed by atoms with Gasteiger partial charge in [0.05, 0.1) is 11.9 Å². The summed E-state index contributed by atoms with van der Waals surface area (Å²) in [5.41, 5.74) is 4.80. The molecule has 0 aliphatic carbocycles. The lowest BCUT2D eigenvalue weighted by atomic mass is 9.96. The van der Waals surface area contributed by atoms with Crippen molar-refractivity contribution >= 4 is 10.9 Å². The van der Waals surface area contributed by atoms with Crippen LogP contribution in [-0.4, -0.2) is 25.4 Å². The summed E-state index contributed by atoms with van der Waals surface area (Å²) < 4.78 is 5.94. The average Bonchev–Trinajstić information content (AvgIpc) is 3.10. The summed E-state index contributed by atoms with van der Waals surface area (Å²) in [6.07, 6.45) is 3.41. The minimum atomic E-state index is -0.180. The largest absolute Gasteiger partial charge is 0.437 e. The third kappa shape index (κ3) is 2.63. The van der Waals surface area contributed by atoms with E-state index in [4.69, 9.17) is 4.74 Å². The van der Waals surface area contributed by atoms with E-state index in [0.717, 1.165) is 33.3 Å². The molecule has 0 bridgehead atoms. The van der Waals surface area contributed by atoms with E-state index in [9.17, 15) is 4.79 Å². The molecule has 0 atom stereocenters. The van der Waals surface area contributed by atoms with Crippen LogP contribution in [0.4, 0.5) is 0 Å². The summed E-state index contributed by atoms with van der Waals surface area (Å²) in [4.78, 5) is 16.2. The molecule has 0 aliphatic heterocycles. The third-order valence-electron chi connectivity index (χ3n) is 4.41.